The summed E-state index contributed by atoms with van der Waals surface area (Å²) in [6, 6.07) is 10.3. The molecule has 0 aliphatic carbocycles. The number of hydrogen-bond donors (Lipinski definition) is 0. The van der Waals surface area contributed by atoms with Crippen molar-refractivity contribution in [3.05, 3.63) is 59.9 Å². The zero-order valence-electron chi connectivity index (χ0n) is 12.1. The Morgan fingerprint density at radius 3 is 2.64 bits per heavy atom. The summed E-state index contributed by atoms with van der Waals surface area (Å²) in [6.07, 6.45) is 1.84. The van der Waals surface area contributed by atoms with Gasteiger partial charge in [-0.05, 0) is 36.1 Å². The number of anilines is 1. The van der Waals surface area contributed by atoms with Crippen molar-refractivity contribution < 1.29 is 14.7 Å². The van der Waals surface area contributed by atoms with Crippen LogP contribution in [0.5, 0.6) is 0 Å². The van der Waals surface area contributed by atoms with E-state index < -0.39 is 12.1 Å². The third-order valence-electron chi connectivity index (χ3n) is 3.97. The molecule has 0 bridgehead atoms. The minimum atomic E-state index is -1.39. The first-order valence-electron chi connectivity index (χ1n) is 7.03. The van der Waals surface area contributed by atoms with Gasteiger partial charge in [0.1, 0.15) is 5.78 Å². The number of aromatic nitrogens is 1. The zero-order valence-corrected chi connectivity index (χ0v) is 12.1. The van der Waals surface area contributed by atoms with Crippen LogP contribution in [0, 0.1) is 5.92 Å². The molecule has 2 aromatic rings. The van der Waals surface area contributed by atoms with Crippen LogP contribution in [0.3, 0.4) is 0 Å². The Kier molecular flexibility index (Phi) is 3.73. The monoisotopic (exact) mass is 295 g/mol. The van der Waals surface area contributed by atoms with Gasteiger partial charge in [-0.3, -0.25) is 14.6 Å². The smallest absolute Gasteiger partial charge is 0.176 e. The van der Waals surface area contributed by atoms with E-state index in [2.05, 4.69) is 4.98 Å². The lowest BCUT2D eigenvalue weighted by molar-refractivity contribution is -0.424. The third kappa shape index (κ3) is 2.40. The van der Waals surface area contributed by atoms with Crippen LogP contribution in [0.4, 0.5) is 5.69 Å². The number of Topliss-reactive ketones (excluding diaryl/α,β-unsaturated/α-hetero) is 2. The topological polar surface area (TPSA) is 73.3 Å². The predicted molar refractivity (Wildman–Crippen MR) is 79.4 cm³/mol. The molecule has 1 aromatic heterocycles. The molecule has 3 rings (SSSR count). The van der Waals surface area contributed by atoms with E-state index in [9.17, 15) is 14.7 Å². The molecule has 1 aliphatic rings. The fraction of sp³-hybridized carbons (Fsp3) is 0.235. The van der Waals surface area contributed by atoms with E-state index in [0.29, 0.717) is 11.3 Å². The van der Waals surface area contributed by atoms with E-state index in [4.69, 9.17) is 0 Å². The van der Waals surface area contributed by atoms with Gasteiger partial charge in [0.05, 0.1) is 5.92 Å². The van der Waals surface area contributed by atoms with Crippen LogP contribution in [0.1, 0.15) is 15.9 Å². The minimum absolute atomic E-state index is 0.0632. The summed E-state index contributed by atoms with van der Waals surface area (Å²) in [5.74, 6) is -1.90. The molecule has 1 aliphatic heterocycles. The van der Waals surface area contributed by atoms with Gasteiger partial charge in [0, 0.05) is 37.1 Å². The molecular weight excluding hydrogens is 280 g/mol. The lowest BCUT2D eigenvalue weighted by Gasteiger charge is -2.44. The first kappa shape index (κ1) is 14.4. The number of ketones is 2. The van der Waals surface area contributed by atoms with E-state index in [0.717, 1.165) is 5.56 Å². The van der Waals surface area contributed by atoms with Crippen LogP contribution in [0.2, 0.25) is 0 Å². The fourth-order valence-corrected chi connectivity index (χ4v) is 2.76. The molecule has 0 radical (unpaired) electrons. The van der Waals surface area contributed by atoms with E-state index in [1.807, 2.05) is 0 Å². The van der Waals surface area contributed by atoms with Crippen molar-refractivity contribution in [2.24, 2.45) is 5.92 Å². The Morgan fingerprint density at radius 2 is 1.91 bits per heavy atom. The number of pyridine rings is 1. The average Bonchev–Trinajstić information content (AvgIpc) is 2.54. The Morgan fingerprint density at radius 1 is 1.23 bits per heavy atom. The summed E-state index contributed by atoms with van der Waals surface area (Å²) in [6.45, 7) is 0. The number of benzene rings is 1. The Balaban J connectivity index is 1.91. The summed E-state index contributed by atoms with van der Waals surface area (Å²) in [5.41, 5.74) is 1.77. The summed E-state index contributed by atoms with van der Waals surface area (Å²) in [4.78, 5) is 30.4. The Hall–Kier alpha value is -2.53. The van der Waals surface area contributed by atoms with Gasteiger partial charge in [0.2, 0.25) is 0 Å². The SMILES string of the molecule is CN1c2ccccc2C(=O)C(C(=O)Cc2ccncc2)C1[O-]. The number of nitrogens with zero attached hydrogens (tertiary/aromatic N) is 2. The maximum absolute atomic E-state index is 12.5. The third-order valence-corrected chi connectivity index (χ3v) is 3.97. The lowest BCUT2D eigenvalue weighted by atomic mass is 9.84. The molecule has 0 amide bonds. The number of rotatable bonds is 3. The van der Waals surface area contributed by atoms with Crippen molar-refractivity contribution in [2.75, 3.05) is 11.9 Å². The van der Waals surface area contributed by atoms with Crippen LogP contribution >= 0.6 is 0 Å². The van der Waals surface area contributed by atoms with Crippen LogP contribution in [-0.2, 0) is 11.2 Å². The normalized spacial score (nSPS) is 20.6. The molecule has 112 valence electrons. The quantitative estimate of drug-likeness (QED) is 0.784. The first-order valence-corrected chi connectivity index (χ1v) is 7.03. The number of hydrogen-bond acceptors (Lipinski definition) is 5. The van der Waals surface area contributed by atoms with Gasteiger partial charge in [0.15, 0.2) is 5.78 Å². The molecule has 0 spiro atoms. The van der Waals surface area contributed by atoms with Gasteiger partial charge in [-0.1, -0.05) is 12.1 Å². The number of carbonyl (C=O) groups is 2. The molecule has 0 N–H and O–H groups in total. The number of fused-ring (bicyclic) bond motifs is 1. The maximum atomic E-state index is 12.5. The lowest BCUT2D eigenvalue weighted by Crippen LogP contribution is -2.57. The highest BCUT2D eigenvalue weighted by atomic mass is 16.3. The Bertz CT molecular complexity index is 715. The molecule has 2 heterocycles. The highest BCUT2D eigenvalue weighted by Gasteiger charge is 2.37. The number of para-hydroxylation sites is 1. The second-order valence-corrected chi connectivity index (χ2v) is 5.36. The standard InChI is InChI=1S/C17H15N2O3/c1-19-13-5-3-2-4-12(13)16(21)15(17(19)22)14(20)10-11-6-8-18-9-7-11/h2-9,15,17H,10H2,1H3/q-1. The molecule has 2 atom stereocenters. The van der Waals surface area contributed by atoms with Gasteiger partial charge in [-0.2, -0.15) is 0 Å². The molecule has 0 saturated carbocycles. The van der Waals surface area contributed by atoms with Crippen LogP contribution in [0.15, 0.2) is 48.8 Å². The molecular formula is C17H15N2O3-. The van der Waals surface area contributed by atoms with E-state index in [1.54, 1.807) is 55.8 Å². The van der Waals surface area contributed by atoms with Crippen molar-refractivity contribution in [1.82, 2.24) is 4.98 Å². The molecule has 5 heteroatoms. The van der Waals surface area contributed by atoms with Crippen LogP contribution in [-0.4, -0.2) is 29.8 Å². The first-order chi connectivity index (χ1) is 10.6. The van der Waals surface area contributed by atoms with E-state index >= 15 is 0 Å². The summed E-state index contributed by atoms with van der Waals surface area (Å²) in [5, 5.41) is 12.5. The summed E-state index contributed by atoms with van der Waals surface area (Å²) >= 11 is 0. The zero-order chi connectivity index (χ0) is 15.7. The average molecular weight is 295 g/mol. The van der Waals surface area contributed by atoms with Crippen molar-refractivity contribution in [1.29, 1.82) is 0 Å². The highest BCUT2D eigenvalue weighted by Crippen LogP contribution is 2.31. The fourth-order valence-electron chi connectivity index (χ4n) is 2.76. The molecule has 22 heavy (non-hydrogen) atoms. The minimum Gasteiger partial charge on any atom is -0.835 e. The number of carbonyl (C=O) groups excluding carboxylic acids is 2. The van der Waals surface area contributed by atoms with Gasteiger partial charge in [-0.25, -0.2) is 0 Å². The van der Waals surface area contributed by atoms with Crippen LogP contribution in [0.25, 0.3) is 0 Å². The van der Waals surface area contributed by atoms with E-state index in [-0.39, 0.29) is 18.0 Å². The van der Waals surface area contributed by atoms with Gasteiger partial charge in [0.25, 0.3) is 0 Å². The van der Waals surface area contributed by atoms with Gasteiger partial charge >= 0.3 is 0 Å². The molecule has 1 aromatic carbocycles. The second kappa shape index (κ2) is 5.69. The largest absolute Gasteiger partial charge is 0.835 e. The second-order valence-electron chi connectivity index (χ2n) is 5.36. The highest BCUT2D eigenvalue weighted by molar-refractivity contribution is 6.15. The van der Waals surface area contributed by atoms with Gasteiger partial charge < -0.3 is 10.0 Å². The van der Waals surface area contributed by atoms with E-state index in [1.165, 1.54) is 4.90 Å². The molecule has 0 fully saturated rings. The maximum Gasteiger partial charge on any atom is 0.176 e. The molecule has 5 nitrogen and oxygen atoms in total. The van der Waals surface area contributed by atoms with Crippen molar-refractivity contribution in [3.8, 4) is 0 Å². The summed E-state index contributed by atoms with van der Waals surface area (Å²) in [7, 11) is 1.62. The van der Waals surface area contributed by atoms with Crippen LogP contribution < -0.4 is 10.0 Å². The molecule has 0 saturated heterocycles. The summed E-state index contributed by atoms with van der Waals surface area (Å²) < 4.78 is 0. The Labute approximate surface area is 128 Å². The van der Waals surface area contributed by atoms with Crippen molar-refractivity contribution in [2.45, 2.75) is 12.6 Å². The van der Waals surface area contributed by atoms with Gasteiger partial charge in [-0.15, -0.1) is 0 Å². The molecule has 2 unspecified atom stereocenters. The van der Waals surface area contributed by atoms with Crippen molar-refractivity contribution >= 4 is 17.3 Å². The predicted octanol–water partition coefficient (Wildman–Crippen LogP) is 0.828. The van der Waals surface area contributed by atoms with Crippen molar-refractivity contribution in [3.63, 3.8) is 0 Å².